The third-order valence-corrected chi connectivity index (χ3v) is 0. The maximum Gasteiger partial charge on any atom is 0.187 e. The summed E-state index contributed by atoms with van der Waals surface area (Å²) in [5.41, 5.74) is 0. The maximum atomic E-state index is 0. The van der Waals surface area contributed by atoms with Crippen LogP contribution >= 0.6 is 0 Å². The molecule has 0 aromatic carbocycles. The van der Waals surface area contributed by atoms with Gasteiger partial charge in [-0.05, 0) is 0 Å². The third kappa shape index (κ3) is 8.93. The van der Waals surface area contributed by atoms with Crippen LogP contribution in [0.15, 0.2) is 0 Å². The molecule has 0 unspecified atom stereocenters. The van der Waals surface area contributed by atoms with E-state index in [4.69, 9.17) is 0 Å². The van der Waals surface area contributed by atoms with Gasteiger partial charge in [-0.25, -0.2) is 0 Å². The summed E-state index contributed by atoms with van der Waals surface area (Å²) in [5.74, 6) is 0. The second kappa shape index (κ2) is 19.4. The van der Waals surface area contributed by atoms with E-state index in [1.54, 1.807) is 0 Å². The van der Waals surface area contributed by atoms with Gasteiger partial charge in [-0.1, -0.05) is 0 Å². The topological polar surface area (TPSA) is 35.0 Å². The first-order valence-corrected chi connectivity index (χ1v) is 0. The van der Waals surface area contributed by atoms with Crippen molar-refractivity contribution in [2.75, 3.05) is 0 Å². The van der Waals surface area contributed by atoms with Crippen LogP contribution in [0.3, 0.4) is 0 Å². The number of rotatable bonds is 0. The molecule has 0 aromatic rings. The van der Waals surface area contributed by atoms with E-state index in [1.165, 1.54) is 0 Å². The summed E-state index contributed by atoms with van der Waals surface area (Å²) in [4.78, 5) is 0. The largest absolute Gasteiger partial charge is 0.344 e. The predicted molar refractivity (Wildman–Crippen MR) is 15.0 cm³/mol. The molecule has 0 bridgehead atoms. The van der Waals surface area contributed by atoms with Crippen LogP contribution < -0.4 is 6.15 Å². The van der Waals surface area contributed by atoms with Gasteiger partial charge in [0, 0.05) is 48.2 Å². The van der Waals surface area contributed by atoms with E-state index in [-0.39, 0.29) is 71.7 Å². The second-order valence-corrected chi connectivity index (χ2v) is 0. The van der Waals surface area contributed by atoms with Gasteiger partial charge < -0.3 is 6.15 Å². The summed E-state index contributed by atoms with van der Waals surface area (Å²) in [6.45, 7) is 0. The fourth-order valence-corrected chi connectivity index (χ4v) is 0. The minimum Gasteiger partial charge on any atom is -0.344 e. The molecule has 0 saturated heterocycles. The molecule has 22 valence electrons. The van der Waals surface area contributed by atoms with E-state index in [9.17, 15) is 0 Å². The number of hydrogen-bond donors (Lipinski definition) is 1. The van der Waals surface area contributed by atoms with Crippen LogP contribution in [-0.4, -0.2) is 17.4 Å². The van der Waals surface area contributed by atoms with Crippen molar-refractivity contribution < 1.29 is 48.2 Å². The van der Waals surface area contributed by atoms with E-state index in [1.807, 2.05) is 0 Å². The van der Waals surface area contributed by atoms with Crippen LogP contribution in [0.4, 0.5) is 0 Å². The molecule has 0 rings (SSSR count). The molecule has 0 spiro atoms. The zero-order chi connectivity index (χ0) is 0. The van der Waals surface area contributed by atoms with Crippen LogP contribution in [0, 0.1) is 0 Å². The van der Waals surface area contributed by atoms with E-state index in [0.29, 0.717) is 0 Å². The molecule has 0 aliphatic heterocycles. The molecule has 0 aromatic heterocycles. The Bertz CT molecular complexity index is 8.00. The average Bonchev–Trinajstić information content (AvgIpc) is 0. The first-order chi connectivity index (χ1) is 0. The summed E-state index contributed by atoms with van der Waals surface area (Å²) < 4.78 is 0. The molecule has 2 radical (unpaired) electrons. The van der Waals surface area contributed by atoms with Crippen LogP contribution in [0.5, 0.6) is 0 Å². The molecule has 0 saturated carbocycles. The maximum absolute atomic E-state index is 0. The van der Waals surface area contributed by atoms with Crippen molar-refractivity contribution in [1.82, 2.24) is 6.15 Å². The van der Waals surface area contributed by atoms with Gasteiger partial charge >= 0.3 is 0 Å². The summed E-state index contributed by atoms with van der Waals surface area (Å²) in [7, 11) is 0. The van der Waals surface area contributed by atoms with Crippen molar-refractivity contribution in [2.24, 2.45) is 0 Å². The van der Waals surface area contributed by atoms with Gasteiger partial charge in [-0.3, -0.25) is 0 Å². The van der Waals surface area contributed by atoms with Crippen molar-refractivity contribution in [2.45, 2.75) is 0 Å². The molecule has 3 N–H and O–H groups in total. The van der Waals surface area contributed by atoms with Crippen molar-refractivity contribution in [1.29, 1.82) is 0 Å². The van der Waals surface area contributed by atoms with Gasteiger partial charge in [0.2, 0.25) is 0 Å². The summed E-state index contributed by atoms with van der Waals surface area (Å²) >= 11 is 0. The van der Waals surface area contributed by atoms with E-state index < -0.39 is 0 Å². The Morgan fingerprint density at radius 2 is 1.00 bits per heavy atom. The Balaban J connectivity index is 0. The molecule has 0 atom stereocenters. The van der Waals surface area contributed by atoms with Gasteiger partial charge in [0.1, 0.15) is 0 Å². The van der Waals surface area contributed by atoms with Gasteiger partial charge in [0.05, 0.1) is 0 Å². The minimum atomic E-state index is 0. The molecular formula is H6AlNScTa. The Hall–Kier alpha value is 2.10. The Kier molecular flexibility index (Phi) is 175. The standard InChI is InChI=1S/Al.H3N.Sc.Ta.3H/h;1H3;;;;;. The van der Waals surface area contributed by atoms with E-state index >= 15 is 0 Å². The van der Waals surface area contributed by atoms with Crippen molar-refractivity contribution in [3.63, 3.8) is 0 Å². The van der Waals surface area contributed by atoms with Crippen LogP contribution in [0.2, 0.25) is 0 Å². The van der Waals surface area contributed by atoms with Crippen LogP contribution in [-0.2, 0) is 48.2 Å². The minimum absolute atomic E-state index is 0. The van der Waals surface area contributed by atoms with E-state index in [2.05, 4.69) is 0 Å². The second-order valence-electron chi connectivity index (χ2n) is 0. The zero-order valence-corrected chi connectivity index (χ0v) is 6.75. The molecule has 0 aliphatic rings. The van der Waals surface area contributed by atoms with Crippen molar-refractivity contribution in [3.05, 3.63) is 0 Å². The summed E-state index contributed by atoms with van der Waals surface area (Å²) in [6.07, 6.45) is 0. The molecule has 4 heteroatoms. The first kappa shape index (κ1) is 35.9. The van der Waals surface area contributed by atoms with Gasteiger partial charge in [-0.15, -0.1) is 0 Å². The van der Waals surface area contributed by atoms with Gasteiger partial charge in [-0.2, -0.15) is 0 Å². The summed E-state index contributed by atoms with van der Waals surface area (Å²) in [5, 5.41) is 0. The molecule has 0 aliphatic carbocycles. The molecular weight excluding hydrogens is 267 g/mol. The predicted octanol–water partition coefficient (Wildman–Crippen LogP) is -1.03. The fraction of sp³-hybridized carbons (Fsp3) is 0. The molecule has 0 fully saturated rings. The van der Waals surface area contributed by atoms with E-state index in [0.717, 1.165) is 0 Å². The van der Waals surface area contributed by atoms with Crippen molar-refractivity contribution >= 4 is 17.4 Å². The van der Waals surface area contributed by atoms with Crippen molar-refractivity contribution in [3.8, 4) is 0 Å². The summed E-state index contributed by atoms with van der Waals surface area (Å²) in [6, 6.07) is 0. The number of hydrogen-bond acceptors (Lipinski definition) is 1. The SMILES string of the molecule is N.[AlH3].[Sc].[Ta]. The molecule has 1 nitrogen and oxygen atoms in total. The monoisotopic (exact) mass is 273 g/mol. The third-order valence-electron chi connectivity index (χ3n) is 0. The Morgan fingerprint density at radius 3 is 1.00 bits per heavy atom. The first-order valence-electron chi connectivity index (χ1n) is 0. The van der Waals surface area contributed by atoms with Gasteiger partial charge in [0.25, 0.3) is 0 Å². The quantitative estimate of drug-likeness (QED) is 0.563. The molecule has 4 heavy (non-hydrogen) atoms. The average molecular weight is 273 g/mol. The normalized spacial score (nSPS) is 0. The Labute approximate surface area is 70.9 Å². The zero-order valence-electron chi connectivity index (χ0n) is 1.73. The smallest absolute Gasteiger partial charge is 0.187 e. The van der Waals surface area contributed by atoms with Gasteiger partial charge in [0.15, 0.2) is 17.4 Å². The van der Waals surface area contributed by atoms with Crippen LogP contribution in [0.25, 0.3) is 0 Å². The van der Waals surface area contributed by atoms with Crippen LogP contribution in [0.1, 0.15) is 0 Å². The Morgan fingerprint density at radius 1 is 1.00 bits per heavy atom. The fourth-order valence-electron chi connectivity index (χ4n) is 0. The molecule has 0 heterocycles. The molecule has 0 amide bonds.